The van der Waals surface area contributed by atoms with E-state index in [0.717, 1.165) is 0 Å². The largest absolute Gasteiger partial charge is 0.481 e. The fourth-order valence-electron chi connectivity index (χ4n) is 3.40. The van der Waals surface area contributed by atoms with Gasteiger partial charge in [-0.1, -0.05) is 44.2 Å². The minimum absolute atomic E-state index is 0.146. The zero-order chi connectivity index (χ0) is 20.0. The molecule has 0 bridgehead atoms. The van der Waals surface area contributed by atoms with Gasteiger partial charge in [0.05, 0.1) is 12.5 Å². The molecule has 1 aromatic rings. The number of hydrogen-bond donors (Lipinski definition) is 2. The molecule has 0 spiro atoms. The molecule has 148 valence electrons. The highest BCUT2D eigenvalue weighted by Crippen LogP contribution is 2.27. The number of benzene rings is 1. The SMILES string of the molecule is COC1CC(CC(=O)O)N(C(=O)C(NC(=O)CC(C)C)c2ccccc2)C1. The third-order valence-electron chi connectivity index (χ3n) is 4.68. The highest BCUT2D eigenvalue weighted by molar-refractivity contribution is 5.89. The number of nitrogens with zero attached hydrogens (tertiary/aromatic N) is 1. The minimum atomic E-state index is -0.963. The van der Waals surface area contributed by atoms with E-state index in [4.69, 9.17) is 4.74 Å². The van der Waals surface area contributed by atoms with Crippen molar-refractivity contribution in [1.82, 2.24) is 10.2 Å². The summed E-state index contributed by atoms with van der Waals surface area (Å²) in [5.74, 6) is -1.30. The van der Waals surface area contributed by atoms with Crippen LogP contribution in [0.15, 0.2) is 30.3 Å². The second-order valence-corrected chi connectivity index (χ2v) is 7.34. The van der Waals surface area contributed by atoms with Crippen LogP contribution < -0.4 is 5.32 Å². The molecule has 1 aliphatic heterocycles. The van der Waals surface area contributed by atoms with Crippen molar-refractivity contribution in [3.8, 4) is 0 Å². The van der Waals surface area contributed by atoms with Crippen molar-refractivity contribution in [3.05, 3.63) is 35.9 Å². The third-order valence-corrected chi connectivity index (χ3v) is 4.68. The molecule has 1 saturated heterocycles. The Morgan fingerprint density at radius 1 is 1.26 bits per heavy atom. The van der Waals surface area contributed by atoms with Crippen molar-refractivity contribution in [3.63, 3.8) is 0 Å². The zero-order valence-corrected chi connectivity index (χ0v) is 16.1. The molecule has 0 aromatic heterocycles. The smallest absolute Gasteiger partial charge is 0.305 e. The molecule has 1 heterocycles. The van der Waals surface area contributed by atoms with E-state index in [-0.39, 0.29) is 30.3 Å². The first-order valence-corrected chi connectivity index (χ1v) is 9.21. The van der Waals surface area contributed by atoms with Crippen LogP contribution in [0.25, 0.3) is 0 Å². The number of aliphatic carboxylic acids is 1. The van der Waals surface area contributed by atoms with Gasteiger partial charge in [0, 0.05) is 26.1 Å². The fourth-order valence-corrected chi connectivity index (χ4v) is 3.40. The Labute approximate surface area is 159 Å². The fraction of sp³-hybridized carbons (Fsp3) is 0.550. The lowest BCUT2D eigenvalue weighted by Crippen LogP contribution is -2.46. The van der Waals surface area contributed by atoms with Gasteiger partial charge in [0.15, 0.2) is 0 Å². The molecular weight excluding hydrogens is 348 g/mol. The number of carbonyl (C=O) groups is 3. The maximum Gasteiger partial charge on any atom is 0.305 e. The van der Waals surface area contributed by atoms with Gasteiger partial charge in [-0.2, -0.15) is 0 Å². The van der Waals surface area contributed by atoms with E-state index in [1.807, 2.05) is 19.9 Å². The van der Waals surface area contributed by atoms with Gasteiger partial charge in [-0.3, -0.25) is 14.4 Å². The molecule has 0 saturated carbocycles. The Kier molecular flexibility index (Phi) is 7.36. The van der Waals surface area contributed by atoms with Crippen molar-refractivity contribution < 1.29 is 24.2 Å². The summed E-state index contributed by atoms with van der Waals surface area (Å²) >= 11 is 0. The Bertz CT molecular complexity index is 662. The predicted octanol–water partition coefficient (Wildman–Crippen LogP) is 1.98. The molecule has 1 aliphatic rings. The number of rotatable bonds is 8. The molecular formula is C20H28N2O5. The van der Waals surface area contributed by atoms with Gasteiger partial charge in [0.25, 0.3) is 0 Å². The Balaban J connectivity index is 2.26. The maximum absolute atomic E-state index is 13.3. The quantitative estimate of drug-likeness (QED) is 0.723. The average molecular weight is 376 g/mol. The molecule has 3 atom stereocenters. The lowest BCUT2D eigenvalue weighted by atomic mass is 10.0. The first-order chi connectivity index (χ1) is 12.8. The summed E-state index contributed by atoms with van der Waals surface area (Å²) < 4.78 is 5.35. The number of likely N-dealkylation sites (tertiary alicyclic amines) is 1. The number of hydrogen-bond acceptors (Lipinski definition) is 4. The van der Waals surface area contributed by atoms with Gasteiger partial charge in [-0.25, -0.2) is 0 Å². The van der Waals surface area contributed by atoms with Crippen LogP contribution in [0, 0.1) is 5.92 Å². The molecule has 1 fully saturated rings. The number of carbonyl (C=O) groups excluding carboxylic acids is 2. The van der Waals surface area contributed by atoms with Crippen LogP contribution in [0.2, 0.25) is 0 Å². The summed E-state index contributed by atoms with van der Waals surface area (Å²) in [7, 11) is 1.55. The van der Waals surface area contributed by atoms with Gasteiger partial charge < -0.3 is 20.1 Å². The average Bonchev–Trinajstić information content (AvgIpc) is 3.01. The summed E-state index contributed by atoms with van der Waals surface area (Å²) in [6, 6.07) is 7.73. The van der Waals surface area contributed by atoms with Crippen LogP contribution >= 0.6 is 0 Å². The molecule has 0 aliphatic carbocycles. The van der Waals surface area contributed by atoms with Gasteiger partial charge in [-0.05, 0) is 17.9 Å². The van der Waals surface area contributed by atoms with Crippen LogP contribution in [-0.4, -0.2) is 53.6 Å². The molecule has 2 rings (SSSR count). The van der Waals surface area contributed by atoms with Crippen molar-refractivity contribution >= 4 is 17.8 Å². The van der Waals surface area contributed by atoms with Crippen LogP contribution in [0.1, 0.15) is 44.7 Å². The van der Waals surface area contributed by atoms with Crippen LogP contribution in [-0.2, 0) is 19.1 Å². The molecule has 1 aromatic carbocycles. The van der Waals surface area contributed by atoms with Crippen molar-refractivity contribution in [2.45, 2.75) is 51.3 Å². The van der Waals surface area contributed by atoms with E-state index in [2.05, 4.69) is 5.32 Å². The van der Waals surface area contributed by atoms with E-state index >= 15 is 0 Å². The predicted molar refractivity (Wildman–Crippen MR) is 99.9 cm³/mol. The number of ether oxygens (including phenoxy) is 1. The molecule has 27 heavy (non-hydrogen) atoms. The first-order valence-electron chi connectivity index (χ1n) is 9.21. The van der Waals surface area contributed by atoms with Crippen LogP contribution in [0.5, 0.6) is 0 Å². The van der Waals surface area contributed by atoms with E-state index in [1.54, 1.807) is 31.4 Å². The normalized spacial score (nSPS) is 20.5. The molecule has 2 N–H and O–H groups in total. The number of carboxylic acids is 1. The monoisotopic (exact) mass is 376 g/mol. The standard InChI is InChI=1S/C20H28N2O5/c1-13(2)9-17(23)21-19(14-7-5-4-6-8-14)20(26)22-12-16(27-3)10-15(22)11-18(24)25/h4-8,13,15-16,19H,9-12H2,1-3H3,(H,21,23)(H,24,25). The summed E-state index contributed by atoms with van der Waals surface area (Å²) in [4.78, 5) is 38.4. The first kappa shape index (κ1) is 20.9. The van der Waals surface area contributed by atoms with Crippen LogP contribution in [0.3, 0.4) is 0 Å². The third kappa shape index (κ3) is 5.79. The second-order valence-electron chi connectivity index (χ2n) is 7.34. The lowest BCUT2D eigenvalue weighted by Gasteiger charge is -2.29. The minimum Gasteiger partial charge on any atom is -0.481 e. The van der Waals surface area contributed by atoms with Crippen molar-refractivity contribution in [1.29, 1.82) is 0 Å². The Hall–Kier alpha value is -2.41. The maximum atomic E-state index is 13.3. The highest BCUT2D eigenvalue weighted by atomic mass is 16.5. The van der Waals surface area contributed by atoms with Gasteiger partial charge in [0.2, 0.25) is 11.8 Å². The van der Waals surface area contributed by atoms with Gasteiger partial charge in [0.1, 0.15) is 6.04 Å². The van der Waals surface area contributed by atoms with E-state index in [0.29, 0.717) is 24.9 Å². The van der Waals surface area contributed by atoms with E-state index < -0.39 is 18.1 Å². The van der Waals surface area contributed by atoms with Crippen molar-refractivity contribution in [2.24, 2.45) is 5.92 Å². The van der Waals surface area contributed by atoms with E-state index in [1.165, 1.54) is 4.90 Å². The second kappa shape index (κ2) is 9.50. The Morgan fingerprint density at radius 2 is 1.93 bits per heavy atom. The summed E-state index contributed by atoms with van der Waals surface area (Å²) in [5, 5.41) is 12.0. The van der Waals surface area contributed by atoms with Crippen LogP contribution in [0.4, 0.5) is 0 Å². The molecule has 7 heteroatoms. The highest BCUT2D eigenvalue weighted by Gasteiger charge is 2.39. The molecule has 2 amide bonds. The number of amides is 2. The summed E-state index contributed by atoms with van der Waals surface area (Å²) in [6.07, 6.45) is 0.430. The zero-order valence-electron chi connectivity index (χ0n) is 16.1. The number of nitrogens with one attached hydrogen (secondary N) is 1. The summed E-state index contributed by atoms with van der Waals surface area (Å²) in [5.41, 5.74) is 0.676. The number of carboxylic acid groups (broad SMARTS) is 1. The molecule has 7 nitrogen and oxygen atoms in total. The van der Waals surface area contributed by atoms with Crippen molar-refractivity contribution in [2.75, 3.05) is 13.7 Å². The number of methoxy groups -OCH3 is 1. The van der Waals surface area contributed by atoms with Gasteiger partial charge in [-0.15, -0.1) is 0 Å². The lowest BCUT2D eigenvalue weighted by molar-refractivity contribution is -0.142. The van der Waals surface area contributed by atoms with E-state index in [9.17, 15) is 19.5 Å². The topological polar surface area (TPSA) is 95.9 Å². The molecule has 0 radical (unpaired) electrons. The Morgan fingerprint density at radius 3 is 2.48 bits per heavy atom. The molecule has 3 unspecified atom stereocenters. The summed E-state index contributed by atoms with van der Waals surface area (Å²) in [6.45, 7) is 4.19. The van der Waals surface area contributed by atoms with Gasteiger partial charge >= 0.3 is 5.97 Å².